The maximum absolute atomic E-state index is 15.4. The Balaban J connectivity index is 1.35. The first-order valence-corrected chi connectivity index (χ1v) is 19.1. The van der Waals surface area contributed by atoms with E-state index in [1.54, 1.807) is 6.07 Å². The fraction of sp³-hybridized carbons (Fsp3) is 0.758. The van der Waals surface area contributed by atoms with Crippen molar-refractivity contribution < 1.29 is 18.3 Å². The second-order valence-electron chi connectivity index (χ2n) is 15.7. The summed E-state index contributed by atoms with van der Waals surface area (Å²) in [5.74, 6) is 0.576. The molecule has 1 amide bonds. The quantitative estimate of drug-likeness (QED) is 0.240. The number of likely N-dealkylation sites (tertiary alicyclic amines) is 1. The number of hydrogen-bond donors (Lipinski definition) is 1. The van der Waals surface area contributed by atoms with Crippen LogP contribution in [0.4, 0.5) is 20.8 Å². The summed E-state index contributed by atoms with van der Waals surface area (Å²) in [6, 6.07) is 3.49. The van der Waals surface area contributed by atoms with Gasteiger partial charge in [0.1, 0.15) is 11.4 Å². The summed E-state index contributed by atoms with van der Waals surface area (Å²) in [7, 11) is -1.74. The fourth-order valence-corrected chi connectivity index (χ4v) is 7.27. The lowest BCUT2D eigenvalue weighted by atomic mass is 9.71. The summed E-state index contributed by atoms with van der Waals surface area (Å²) >= 11 is 0. The number of ether oxygens (including phenoxy) is 1. The zero-order chi connectivity index (χ0) is 31.8. The first kappa shape index (κ1) is 33.6. The van der Waals surface area contributed by atoms with Gasteiger partial charge in [0, 0.05) is 45.4 Å². The number of aromatic nitrogens is 2. The molecule has 3 heterocycles. The number of halogens is 1. The number of carbonyl (C=O) groups is 1. The Kier molecular flexibility index (Phi) is 9.82. The lowest BCUT2D eigenvalue weighted by Gasteiger charge is -2.47. The van der Waals surface area contributed by atoms with Crippen LogP contribution >= 0.6 is 0 Å². The number of rotatable bonds is 8. The number of anilines is 2. The van der Waals surface area contributed by atoms with Crippen molar-refractivity contribution in [2.75, 3.05) is 43.4 Å². The van der Waals surface area contributed by atoms with E-state index in [0.717, 1.165) is 70.3 Å². The lowest BCUT2D eigenvalue weighted by Crippen LogP contribution is -2.49. The van der Waals surface area contributed by atoms with Crippen LogP contribution in [0, 0.1) is 17.2 Å². The molecule has 1 atom stereocenters. The Morgan fingerprint density at radius 3 is 2.26 bits per heavy atom. The van der Waals surface area contributed by atoms with Crippen molar-refractivity contribution in [3.8, 4) is 0 Å². The third kappa shape index (κ3) is 8.04. The molecule has 43 heavy (non-hydrogen) atoms. The lowest BCUT2D eigenvalue weighted by molar-refractivity contribution is 0.00663. The van der Waals surface area contributed by atoms with Gasteiger partial charge in [-0.2, -0.15) is 0 Å². The summed E-state index contributed by atoms with van der Waals surface area (Å²) in [5.41, 5.74) is 8.20. The molecule has 2 N–H and O–H groups in total. The summed E-state index contributed by atoms with van der Waals surface area (Å²) < 4.78 is 29.4. The van der Waals surface area contributed by atoms with E-state index < -0.39 is 13.9 Å². The number of piperidine rings is 2. The highest BCUT2D eigenvalue weighted by atomic mass is 28.4. The molecule has 2 aliphatic heterocycles. The van der Waals surface area contributed by atoms with E-state index in [2.05, 4.69) is 55.2 Å². The molecule has 0 radical (unpaired) electrons. The van der Waals surface area contributed by atoms with Gasteiger partial charge in [-0.15, -0.1) is 0 Å². The molecule has 0 aliphatic carbocycles. The number of benzene rings is 1. The average Bonchev–Trinajstić information content (AvgIpc) is 3.19. The summed E-state index contributed by atoms with van der Waals surface area (Å²) in [5, 5.41) is 0.212. The first-order chi connectivity index (χ1) is 19.9. The van der Waals surface area contributed by atoms with Crippen molar-refractivity contribution in [3.63, 3.8) is 0 Å². The molecule has 10 heteroatoms. The molecular formula is C33H56FN5O3Si. The second kappa shape index (κ2) is 12.6. The highest BCUT2D eigenvalue weighted by Gasteiger charge is 2.40. The molecule has 242 valence electrons. The molecule has 8 nitrogen and oxygen atoms in total. The van der Waals surface area contributed by atoms with Crippen LogP contribution < -0.4 is 10.6 Å². The molecular weight excluding hydrogens is 561 g/mol. The Bertz CT molecular complexity index is 1260. The van der Waals surface area contributed by atoms with Crippen molar-refractivity contribution in [1.29, 1.82) is 0 Å². The smallest absolute Gasteiger partial charge is 0.410 e. The number of nitrogens with zero attached hydrogens (tertiary/aromatic N) is 4. The van der Waals surface area contributed by atoms with Crippen LogP contribution in [0.3, 0.4) is 0 Å². The molecule has 2 saturated heterocycles. The number of nitrogens with two attached hydrogens (primary N) is 1. The predicted molar refractivity (Wildman–Crippen MR) is 177 cm³/mol. The van der Waals surface area contributed by atoms with Crippen LogP contribution in [0.2, 0.25) is 18.1 Å². The molecule has 2 aliphatic rings. The van der Waals surface area contributed by atoms with Crippen molar-refractivity contribution in [2.24, 2.45) is 11.3 Å². The highest BCUT2D eigenvalue weighted by molar-refractivity contribution is 6.74. The van der Waals surface area contributed by atoms with E-state index in [1.807, 2.05) is 31.7 Å². The van der Waals surface area contributed by atoms with Crippen molar-refractivity contribution in [3.05, 3.63) is 17.9 Å². The minimum absolute atomic E-state index is 0.200. The van der Waals surface area contributed by atoms with Crippen molar-refractivity contribution in [1.82, 2.24) is 14.5 Å². The molecule has 1 aromatic carbocycles. The van der Waals surface area contributed by atoms with Gasteiger partial charge in [0.15, 0.2) is 8.32 Å². The maximum Gasteiger partial charge on any atom is 0.410 e. The molecule has 0 unspecified atom stereocenters. The van der Waals surface area contributed by atoms with E-state index in [1.165, 1.54) is 0 Å². The van der Waals surface area contributed by atoms with Crippen LogP contribution in [-0.2, 0) is 15.7 Å². The molecule has 2 fully saturated rings. The molecule has 2 aromatic rings. The van der Waals surface area contributed by atoms with Gasteiger partial charge in [-0.05, 0) is 94.8 Å². The van der Waals surface area contributed by atoms with E-state index in [0.29, 0.717) is 36.2 Å². The largest absolute Gasteiger partial charge is 0.444 e. The van der Waals surface area contributed by atoms with Gasteiger partial charge in [-0.3, -0.25) is 0 Å². The third-order valence-corrected chi connectivity index (χ3v) is 14.6. The summed E-state index contributed by atoms with van der Waals surface area (Å²) in [6.07, 6.45) is 5.71. The standard InChI is InChI=1S/C33H56FN5O3Si/c1-24(11-10-20-41-43(8,9)32(5,6)7)23-39-28-22-27(25(34)21-26(28)36-29(39)35)37-16-12-33(13-17-37)14-18-38(19-15-33)30(40)42-31(2,3)4/h21-22,24H,10-20,23H2,1-9H3,(H2,35,36)/t24-/m1/s1. The van der Waals surface area contributed by atoms with Crippen LogP contribution in [-0.4, -0.2) is 67.2 Å². The Hall–Kier alpha value is -2.33. The van der Waals surface area contributed by atoms with Gasteiger partial charge in [-0.25, -0.2) is 14.2 Å². The highest BCUT2D eigenvalue weighted by Crippen LogP contribution is 2.43. The minimum Gasteiger partial charge on any atom is -0.444 e. The number of imidazole rings is 1. The minimum atomic E-state index is -1.74. The van der Waals surface area contributed by atoms with Crippen LogP contribution in [0.1, 0.15) is 87.0 Å². The first-order valence-electron chi connectivity index (χ1n) is 16.2. The SMILES string of the molecule is C[C@H](CCCO[Si](C)(C)C(C)(C)C)Cn1c(N)nc2cc(F)c(N3CCC4(CCN(C(=O)OC(C)(C)C)CC4)CC3)cc21. The zero-order valence-corrected chi connectivity index (χ0v) is 29.2. The molecule has 4 rings (SSSR count). The van der Waals surface area contributed by atoms with Crippen LogP contribution in [0.15, 0.2) is 12.1 Å². The van der Waals surface area contributed by atoms with Crippen molar-refractivity contribution in [2.45, 2.75) is 117 Å². The number of carbonyl (C=O) groups excluding carboxylic acids is 1. The molecule has 1 spiro atoms. The number of fused-ring (bicyclic) bond motifs is 1. The van der Waals surface area contributed by atoms with E-state index in [4.69, 9.17) is 14.9 Å². The predicted octanol–water partition coefficient (Wildman–Crippen LogP) is 7.81. The fourth-order valence-electron chi connectivity index (χ4n) is 6.18. The van der Waals surface area contributed by atoms with E-state index in [-0.39, 0.29) is 22.4 Å². The number of nitrogen functional groups attached to an aromatic ring is 1. The molecule has 0 saturated carbocycles. The molecule has 1 aromatic heterocycles. The Morgan fingerprint density at radius 2 is 1.67 bits per heavy atom. The van der Waals surface area contributed by atoms with E-state index >= 15 is 4.39 Å². The number of amides is 1. The second-order valence-corrected chi connectivity index (χ2v) is 20.5. The van der Waals surface area contributed by atoms with Gasteiger partial charge >= 0.3 is 6.09 Å². The van der Waals surface area contributed by atoms with Crippen LogP contribution in [0.25, 0.3) is 11.0 Å². The number of hydrogen-bond acceptors (Lipinski definition) is 6. The van der Waals surface area contributed by atoms with Crippen molar-refractivity contribution >= 4 is 37.1 Å². The Morgan fingerprint density at radius 1 is 1.07 bits per heavy atom. The molecule has 0 bridgehead atoms. The van der Waals surface area contributed by atoms with Crippen LogP contribution in [0.5, 0.6) is 0 Å². The van der Waals surface area contributed by atoms with E-state index in [9.17, 15) is 4.79 Å². The normalized spacial score (nSPS) is 18.8. The Labute approximate surface area is 259 Å². The van der Waals surface area contributed by atoms with Gasteiger partial charge in [0.05, 0.1) is 16.7 Å². The van der Waals surface area contributed by atoms with Gasteiger partial charge in [-0.1, -0.05) is 27.7 Å². The maximum atomic E-state index is 15.4. The van der Waals surface area contributed by atoms with Gasteiger partial charge in [0.25, 0.3) is 0 Å². The third-order valence-electron chi connectivity index (χ3n) is 10.1. The average molecular weight is 618 g/mol. The zero-order valence-electron chi connectivity index (χ0n) is 28.2. The summed E-state index contributed by atoms with van der Waals surface area (Å²) in [4.78, 5) is 21.0. The topological polar surface area (TPSA) is 85.9 Å². The summed E-state index contributed by atoms with van der Waals surface area (Å²) in [6.45, 7) is 23.9. The monoisotopic (exact) mass is 617 g/mol. The van der Waals surface area contributed by atoms with Gasteiger partial charge < -0.3 is 29.3 Å². The van der Waals surface area contributed by atoms with Gasteiger partial charge in [0.2, 0.25) is 5.95 Å².